The maximum Gasteiger partial charge on any atom is 0.108 e. The van der Waals surface area contributed by atoms with E-state index in [-0.39, 0.29) is 0 Å². The second-order valence-corrected chi connectivity index (χ2v) is 4.48. The van der Waals surface area contributed by atoms with Crippen molar-refractivity contribution in [3.63, 3.8) is 0 Å². The summed E-state index contributed by atoms with van der Waals surface area (Å²) >= 11 is 0. The predicted octanol–water partition coefficient (Wildman–Crippen LogP) is 4.10. The minimum Gasteiger partial charge on any atom is -0.244 e. The van der Waals surface area contributed by atoms with Crippen molar-refractivity contribution in [3.8, 4) is 0 Å². The van der Waals surface area contributed by atoms with E-state index in [0.29, 0.717) is 12.3 Å². The van der Waals surface area contributed by atoms with E-state index in [0.717, 1.165) is 6.42 Å². The van der Waals surface area contributed by atoms with Gasteiger partial charge in [0.2, 0.25) is 0 Å². The molecule has 0 aromatic rings. The second-order valence-electron chi connectivity index (χ2n) is 4.48. The molecule has 0 saturated heterocycles. The third-order valence-corrected chi connectivity index (χ3v) is 3.18. The van der Waals surface area contributed by atoms with Crippen LogP contribution in [-0.2, 0) is 0 Å². The molecule has 0 N–H and O–H groups in total. The normalized spacial score (nSPS) is 25.2. The Morgan fingerprint density at radius 1 is 1.25 bits per heavy atom. The molecule has 0 nitrogen and oxygen atoms in total. The van der Waals surface area contributed by atoms with Gasteiger partial charge in [-0.1, -0.05) is 39.0 Å². The molecule has 0 aliphatic heterocycles. The van der Waals surface area contributed by atoms with Crippen LogP contribution in [0.5, 0.6) is 0 Å². The van der Waals surface area contributed by atoms with Crippen molar-refractivity contribution >= 4 is 0 Å². The fourth-order valence-corrected chi connectivity index (χ4v) is 2.14. The lowest BCUT2D eigenvalue weighted by Crippen LogP contribution is -2.22. The highest BCUT2D eigenvalue weighted by molar-refractivity contribution is 4.77. The van der Waals surface area contributed by atoms with Crippen LogP contribution < -0.4 is 0 Å². The molecule has 72 valence electrons. The van der Waals surface area contributed by atoms with E-state index in [1.54, 1.807) is 6.92 Å². The Bertz CT molecular complexity index is 123. The third kappa shape index (κ3) is 3.12. The summed E-state index contributed by atoms with van der Waals surface area (Å²) in [6.45, 7) is 3.70. The van der Waals surface area contributed by atoms with Crippen LogP contribution in [0.3, 0.4) is 0 Å². The van der Waals surface area contributed by atoms with Crippen LogP contribution in [0, 0.1) is 5.92 Å². The molecule has 1 rings (SSSR count). The fourth-order valence-electron chi connectivity index (χ4n) is 2.14. The lowest BCUT2D eigenvalue weighted by atomic mass is 9.81. The summed E-state index contributed by atoms with van der Waals surface area (Å²) in [4.78, 5) is 0. The Kier molecular flexibility index (Phi) is 3.54. The first-order valence-corrected chi connectivity index (χ1v) is 5.33. The Morgan fingerprint density at radius 2 is 1.83 bits per heavy atom. The molecule has 0 amide bonds. The summed E-state index contributed by atoms with van der Waals surface area (Å²) in [6.07, 6.45) is 8.01. The Balaban J connectivity index is 2.28. The SMILES string of the molecule is CCC(C)(F)CC1CCCCC1. The molecule has 0 heterocycles. The van der Waals surface area contributed by atoms with Crippen molar-refractivity contribution in [2.75, 3.05) is 0 Å². The molecule has 1 saturated carbocycles. The third-order valence-electron chi connectivity index (χ3n) is 3.18. The highest BCUT2D eigenvalue weighted by atomic mass is 19.1. The van der Waals surface area contributed by atoms with Crippen LogP contribution in [0.2, 0.25) is 0 Å². The maximum atomic E-state index is 13.6. The lowest BCUT2D eigenvalue weighted by molar-refractivity contribution is 0.125. The molecule has 1 fully saturated rings. The average molecular weight is 172 g/mol. The van der Waals surface area contributed by atoms with E-state index in [1.165, 1.54) is 32.1 Å². The van der Waals surface area contributed by atoms with Crippen molar-refractivity contribution in [2.45, 2.75) is 64.5 Å². The average Bonchev–Trinajstić information content (AvgIpc) is 2.06. The minimum absolute atomic E-state index is 0.670. The van der Waals surface area contributed by atoms with Crippen LogP contribution in [-0.4, -0.2) is 5.67 Å². The predicted molar refractivity (Wildman–Crippen MR) is 51.0 cm³/mol. The summed E-state index contributed by atoms with van der Waals surface area (Å²) in [5.41, 5.74) is -0.901. The number of hydrogen-bond donors (Lipinski definition) is 0. The molecule has 12 heavy (non-hydrogen) atoms. The number of halogens is 1. The molecular formula is C11H21F. The number of hydrogen-bond acceptors (Lipinski definition) is 0. The molecule has 1 aliphatic rings. The summed E-state index contributed by atoms with van der Waals surface area (Å²) in [5.74, 6) is 0.675. The Labute approximate surface area is 75.5 Å². The molecule has 0 radical (unpaired) electrons. The van der Waals surface area contributed by atoms with E-state index < -0.39 is 5.67 Å². The van der Waals surface area contributed by atoms with Crippen molar-refractivity contribution < 1.29 is 4.39 Å². The molecule has 0 spiro atoms. The summed E-state index contributed by atoms with van der Waals surface area (Å²) in [5, 5.41) is 0. The maximum absolute atomic E-state index is 13.6. The van der Waals surface area contributed by atoms with Crippen LogP contribution in [0.1, 0.15) is 58.8 Å². The monoisotopic (exact) mass is 172 g/mol. The Hall–Kier alpha value is -0.0700. The van der Waals surface area contributed by atoms with Gasteiger partial charge in [0.05, 0.1) is 0 Å². The first-order valence-electron chi connectivity index (χ1n) is 5.33. The zero-order valence-corrected chi connectivity index (χ0v) is 8.41. The van der Waals surface area contributed by atoms with E-state index in [9.17, 15) is 4.39 Å². The Morgan fingerprint density at radius 3 is 2.33 bits per heavy atom. The molecule has 1 heteroatoms. The molecule has 0 aromatic heterocycles. The first kappa shape index (κ1) is 10.0. The molecular weight excluding hydrogens is 151 g/mol. The van der Waals surface area contributed by atoms with Gasteiger partial charge >= 0.3 is 0 Å². The van der Waals surface area contributed by atoms with Crippen molar-refractivity contribution in [1.29, 1.82) is 0 Å². The molecule has 0 bridgehead atoms. The highest BCUT2D eigenvalue weighted by Gasteiger charge is 2.26. The van der Waals surface area contributed by atoms with E-state index >= 15 is 0 Å². The van der Waals surface area contributed by atoms with Gasteiger partial charge in [-0.15, -0.1) is 0 Å². The van der Waals surface area contributed by atoms with Gasteiger partial charge in [-0.05, 0) is 25.7 Å². The van der Waals surface area contributed by atoms with Gasteiger partial charge in [-0.2, -0.15) is 0 Å². The summed E-state index contributed by atoms with van der Waals surface area (Å²) in [7, 11) is 0. The first-order chi connectivity index (χ1) is 5.64. The van der Waals surface area contributed by atoms with Gasteiger partial charge in [0.15, 0.2) is 0 Å². The molecule has 1 atom stereocenters. The van der Waals surface area contributed by atoms with Crippen molar-refractivity contribution in [3.05, 3.63) is 0 Å². The topological polar surface area (TPSA) is 0 Å². The van der Waals surface area contributed by atoms with Gasteiger partial charge < -0.3 is 0 Å². The van der Waals surface area contributed by atoms with Gasteiger partial charge in [-0.3, -0.25) is 0 Å². The van der Waals surface area contributed by atoms with E-state index in [2.05, 4.69) is 0 Å². The van der Waals surface area contributed by atoms with Crippen LogP contribution >= 0.6 is 0 Å². The van der Waals surface area contributed by atoms with Gasteiger partial charge in [0, 0.05) is 0 Å². The highest BCUT2D eigenvalue weighted by Crippen LogP contribution is 2.33. The van der Waals surface area contributed by atoms with Gasteiger partial charge in [0.25, 0.3) is 0 Å². The van der Waals surface area contributed by atoms with Crippen molar-refractivity contribution in [1.82, 2.24) is 0 Å². The lowest BCUT2D eigenvalue weighted by Gasteiger charge is -2.27. The van der Waals surface area contributed by atoms with Gasteiger partial charge in [-0.25, -0.2) is 4.39 Å². The quantitative estimate of drug-likeness (QED) is 0.601. The molecule has 1 unspecified atom stereocenters. The van der Waals surface area contributed by atoms with Crippen LogP contribution in [0.4, 0.5) is 4.39 Å². The summed E-state index contributed by atoms with van der Waals surface area (Å²) < 4.78 is 13.6. The smallest absolute Gasteiger partial charge is 0.108 e. The zero-order valence-electron chi connectivity index (χ0n) is 8.41. The number of rotatable bonds is 3. The standard InChI is InChI=1S/C11H21F/c1-3-11(2,12)9-10-7-5-4-6-8-10/h10H,3-9H2,1-2H3. The fraction of sp³-hybridized carbons (Fsp3) is 1.00. The van der Waals surface area contributed by atoms with Gasteiger partial charge in [0.1, 0.15) is 5.67 Å². The second kappa shape index (κ2) is 4.25. The zero-order chi connectivity index (χ0) is 9.03. The largest absolute Gasteiger partial charge is 0.244 e. The summed E-state index contributed by atoms with van der Waals surface area (Å²) in [6, 6.07) is 0. The van der Waals surface area contributed by atoms with Crippen LogP contribution in [0.25, 0.3) is 0 Å². The number of alkyl halides is 1. The van der Waals surface area contributed by atoms with Crippen molar-refractivity contribution in [2.24, 2.45) is 5.92 Å². The van der Waals surface area contributed by atoms with E-state index in [4.69, 9.17) is 0 Å². The van der Waals surface area contributed by atoms with Crippen LogP contribution in [0.15, 0.2) is 0 Å². The molecule has 0 aromatic carbocycles. The minimum atomic E-state index is -0.901. The van der Waals surface area contributed by atoms with E-state index in [1.807, 2.05) is 6.92 Å². The molecule has 1 aliphatic carbocycles.